The van der Waals surface area contributed by atoms with E-state index in [1.807, 2.05) is 0 Å². The lowest BCUT2D eigenvalue weighted by molar-refractivity contribution is 0.0182. The maximum absolute atomic E-state index is 5.59. The zero-order chi connectivity index (χ0) is 12.5. The third-order valence-corrected chi connectivity index (χ3v) is 2.92. The number of methoxy groups -OCH3 is 2. The lowest BCUT2D eigenvalue weighted by atomic mass is 10.2. The Hall–Kier alpha value is -0.200. The van der Waals surface area contributed by atoms with Crippen LogP contribution in [0.25, 0.3) is 0 Å². The molecule has 1 aliphatic heterocycles. The van der Waals surface area contributed by atoms with Gasteiger partial charge in [-0.1, -0.05) is 0 Å². The molecule has 1 rings (SSSR count). The van der Waals surface area contributed by atoms with Gasteiger partial charge in [-0.15, -0.1) is 0 Å². The van der Waals surface area contributed by atoms with Crippen LogP contribution in [0.15, 0.2) is 0 Å². The SMILES string of the molecule is COCCOC[C@@H]1CCCN1N[C@H](C)COC. The van der Waals surface area contributed by atoms with Gasteiger partial charge in [0, 0.05) is 32.8 Å². The molecule has 17 heavy (non-hydrogen) atoms. The minimum Gasteiger partial charge on any atom is -0.383 e. The summed E-state index contributed by atoms with van der Waals surface area (Å²) < 4.78 is 15.7. The lowest BCUT2D eigenvalue weighted by Crippen LogP contribution is -2.49. The molecular weight excluding hydrogens is 220 g/mol. The number of rotatable bonds is 9. The second-order valence-corrected chi connectivity index (χ2v) is 4.54. The molecule has 1 saturated heterocycles. The number of hydrogen-bond donors (Lipinski definition) is 1. The van der Waals surface area contributed by atoms with Crippen LogP contribution >= 0.6 is 0 Å². The molecule has 0 bridgehead atoms. The topological polar surface area (TPSA) is 43.0 Å². The summed E-state index contributed by atoms with van der Waals surface area (Å²) in [5.74, 6) is 0. The van der Waals surface area contributed by atoms with Gasteiger partial charge in [0.05, 0.1) is 26.4 Å². The van der Waals surface area contributed by atoms with E-state index in [9.17, 15) is 0 Å². The van der Waals surface area contributed by atoms with Crippen LogP contribution in [0.5, 0.6) is 0 Å². The average Bonchev–Trinajstić information content (AvgIpc) is 2.72. The Labute approximate surface area is 104 Å². The van der Waals surface area contributed by atoms with E-state index in [0.29, 0.717) is 25.3 Å². The van der Waals surface area contributed by atoms with E-state index in [0.717, 1.165) is 19.8 Å². The highest BCUT2D eigenvalue weighted by Crippen LogP contribution is 2.15. The number of hydrazine groups is 1. The summed E-state index contributed by atoms with van der Waals surface area (Å²) in [6.45, 7) is 6.07. The van der Waals surface area contributed by atoms with Crippen molar-refractivity contribution < 1.29 is 14.2 Å². The fourth-order valence-corrected chi connectivity index (χ4v) is 2.11. The molecule has 1 aliphatic rings. The summed E-state index contributed by atoms with van der Waals surface area (Å²) >= 11 is 0. The van der Waals surface area contributed by atoms with Gasteiger partial charge in [0.2, 0.25) is 0 Å². The van der Waals surface area contributed by atoms with Gasteiger partial charge in [-0.2, -0.15) is 0 Å². The highest BCUT2D eigenvalue weighted by atomic mass is 16.5. The Bertz CT molecular complexity index is 193. The molecular formula is C12H26N2O3. The van der Waals surface area contributed by atoms with Crippen LogP contribution in [0.3, 0.4) is 0 Å². The van der Waals surface area contributed by atoms with E-state index in [1.165, 1.54) is 12.8 Å². The molecule has 0 aromatic heterocycles. The second kappa shape index (κ2) is 8.83. The zero-order valence-corrected chi connectivity index (χ0v) is 11.3. The third kappa shape index (κ3) is 5.79. The Balaban J connectivity index is 2.18. The summed E-state index contributed by atoms with van der Waals surface area (Å²) in [6, 6.07) is 0.825. The number of nitrogens with zero attached hydrogens (tertiary/aromatic N) is 1. The van der Waals surface area contributed by atoms with Gasteiger partial charge in [-0.3, -0.25) is 0 Å². The van der Waals surface area contributed by atoms with Crippen molar-refractivity contribution in [3.63, 3.8) is 0 Å². The minimum atomic E-state index is 0.347. The molecule has 102 valence electrons. The van der Waals surface area contributed by atoms with Crippen molar-refractivity contribution in [1.29, 1.82) is 0 Å². The fraction of sp³-hybridized carbons (Fsp3) is 1.00. The quantitative estimate of drug-likeness (QED) is 0.605. The first-order valence-electron chi connectivity index (χ1n) is 6.36. The summed E-state index contributed by atoms with van der Waals surface area (Å²) in [6.07, 6.45) is 2.42. The largest absolute Gasteiger partial charge is 0.383 e. The van der Waals surface area contributed by atoms with Crippen LogP contribution in [-0.4, -0.2) is 64.3 Å². The summed E-state index contributed by atoms with van der Waals surface area (Å²) in [4.78, 5) is 0. The van der Waals surface area contributed by atoms with E-state index >= 15 is 0 Å². The smallest absolute Gasteiger partial charge is 0.0701 e. The molecule has 0 saturated carbocycles. The first-order chi connectivity index (χ1) is 8.27. The average molecular weight is 246 g/mol. The van der Waals surface area contributed by atoms with Crippen LogP contribution < -0.4 is 5.43 Å². The van der Waals surface area contributed by atoms with Crippen molar-refractivity contribution >= 4 is 0 Å². The van der Waals surface area contributed by atoms with Gasteiger partial charge in [0.15, 0.2) is 0 Å². The van der Waals surface area contributed by atoms with E-state index in [2.05, 4.69) is 17.4 Å². The first-order valence-corrected chi connectivity index (χ1v) is 6.36. The van der Waals surface area contributed by atoms with Crippen molar-refractivity contribution in [3.8, 4) is 0 Å². The molecule has 0 unspecified atom stereocenters. The van der Waals surface area contributed by atoms with Crippen LogP contribution in [0.1, 0.15) is 19.8 Å². The lowest BCUT2D eigenvalue weighted by Gasteiger charge is -2.28. The molecule has 0 spiro atoms. The van der Waals surface area contributed by atoms with Gasteiger partial charge in [0.1, 0.15) is 0 Å². The Morgan fingerprint density at radius 3 is 2.82 bits per heavy atom. The highest BCUT2D eigenvalue weighted by Gasteiger charge is 2.25. The van der Waals surface area contributed by atoms with E-state index in [-0.39, 0.29) is 0 Å². The molecule has 5 heteroatoms. The fourth-order valence-electron chi connectivity index (χ4n) is 2.11. The highest BCUT2D eigenvalue weighted by molar-refractivity contribution is 4.77. The van der Waals surface area contributed by atoms with Crippen LogP contribution in [0.4, 0.5) is 0 Å². The number of hydrogen-bond acceptors (Lipinski definition) is 5. The van der Waals surface area contributed by atoms with E-state index < -0.39 is 0 Å². The molecule has 0 aliphatic carbocycles. The molecule has 1 fully saturated rings. The normalized spacial score (nSPS) is 23.1. The first kappa shape index (κ1) is 14.9. The monoisotopic (exact) mass is 246 g/mol. The third-order valence-electron chi connectivity index (χ3n) is 2.92. The summed E-state index contributed by atoms with van der Waals surface area (Å²) in [5, 5.41) is 2.29. The Morgan fingerprint density at radius 2 is 2.12 bits per heavy atom. The van der Waals surface area contributed by atoms with E-state index in [1.54, 1.807) is 14.2 Å². The molecule has 0 aromatic rings. The molecule has 5 nitrogen and oxygen atoms in total. The zero-order valence-electron chi connectivity index (χ0n) is 11.3. The van der Waals surface area contributed by atoms with Crippen molar-refractivity contribution in [2.45, 2.75) is 31.8 Å². The summed E-state index contributed by atoms with van der Waals surface area (Å²) in [5.41, 5.74) is 3.47. The van der Waals surface area contributed by atoms with Crippen LogP contribution in [-0.2, 0) is 14.2 Å². The van der Waals surface area contributed by atoms with Crippen LogP contribution in [0.2, 0.25) is 0 Å². The van der Waals surface area contributed by atoms with Gasteiger partial charge < -0.3 is 14.2 Å². The van der Waals surface area contributed by atoms with Gasteiger partial charge in [-0.25, -0.2) is 10.4 Å². The molecule has 0 amide bonds. The second-order valence-electron chi connectivity index (χ2n) is 4.54. The molecule has 2 atom stereocenters. The maximum Gasteiger partial charge on any atom is 0.0701 e. The van der Waals surface area contributed by atoms with Gasteiger partial charge in [0.25, 0.3) is 0 Å². The van der Waals surface area contributed by atoms with Crippen LogP contribution in [0, 0.1) is 0 Å². The van der Waals surface area contributed by atoms with Crippen molar-refractivity contribution in [3.05, 3.63) is 0 Å². The van der Waals surface area contributed by atoms with Crippen molar-refractivity contribution in [2.24, 2.45) is 0 Å². The van der Waals surface area contributed by atoms with E-state index in [4.69, 9.17) is 14.2 Å². The van der Waals surface area contributed by atoms with Crippen molar-refractivity contribution in [2.75, 3.05) is 47.2 Å². The Kier molecular flexibility index (Phi) is 7.72. The molecule has 1 heterocycles. The predicted molar refractivity (Wildman–Crippen MR) is 66.9 cm³/mol. The minimum absolute atomic E-state index is 0.347. The molecule has 1 N–H and O–H groups in total. The molecule has 0 radical (unpaired) electrons. The number of nitrogens with one attached hydrogen (secondary N) is 1. The van der Waals surface area contributed by atoms with Gasteiger partial charge in [-0.05, 0) is 19.8 Å². The van der Waals surface area contributed by atoms with Gasteiger partial charge >= 0.3 is 0 Å². The Morgan fingerprint density at radius 1 is 1.29 bits per heavy atom. The molecule has 0 aromatic carbocycles. The summed E-state index contributed by atoms with van der Waals surface area (Å²) in [7, 11) is 3.42. The number of ether oxygens (including phenoxy) is 3. The van der Waals surface area contributed by atoms with Crippen molar-refractivity contribution in [1.82, 2.24) is 10.4 Å². The standard InChI is InChI=1S/C12H26N2O3/c1-11(9-16-3)13-14-6-4-5-12(14)10-17-8-7-15-2/h11-13H,4-10H2,1-3H3/t11-,12+/m1/s1. The predicted octanol–water partition coefficient (Wildman–Crippen LogP) is 0.653. The maximum atomic E-state index is 5.59.